The number of ether oxygens (including phenoxy) is 1. The number of carbonyl (C=O) groups excluding carboxylic acids is 2. The Hall–Kier alpha value is -4.20. The second-order valence-corrected chi connectivity index (χ2v) is 8.74. The number of fused-ring (bicyclic) bond motifs is 3. The molecule has 3 N–H and O–H groups in total. The Morgan fingerprint density at radius 3 is 2.17 bits per heavy atom. The van der Waals surface area contributed by atoms with Crippen LogP contribution in [0.25, 0.3) is 11.1 Å². The number of hydrogen-bond donors (Lipinski definition) is 3. The van der Waals surface area contributed by atoms with Crippen LogP contribution in [-0.2, 0) is 9.53 Å². The zero-order chi connectivity index (χ0) is 24.5. The monoisotopic (exact) mass is 474 g/mol. The molecule has 3 aromatic carbocycles. The summed E-state index contributed by atoms with van der Waals surface area (Å²) in [5.74, 6) is -3.27. The van der Waals surface area contributed by atoms with Gasteiger partial charge in [-0.2, -0.15) is 0 Å². The zero-order valence-corrected chi connectivity index (χ0v) is 18.7. The first-order valence-electron chi connectivity index (χ1n) is 11.4. The van der Waals surface area contributed by atoms with Crippen molar-refractivity contribution < 1.29 is 28.6 Å². The van der Waals surface area contributed by atoms with Crippen molar-refractivity contribution in [2.24, 2.45) is 5.92 Å². The van der Waals surface area contributed by atoms with Crippen LogP contribution in [0.3, 0.4) is 0 Å². The van der Waals surface area contributed by atoms with Gasteiger partial charge in [-0.25, -0.2) is 14.0 Å². The van der Waals surface area contributed by atoms with Gasteiger partial charge in [0.15, 0.2) is 5.82 Å². The van der Waals surface area contributed by atoms with Gasteiger partial charge in [0.1, 0.15) is 12.6 Å². The Balaban J connectivity index is 1.26. The highest BCUT2D eigenvalue weighted by Crippen LogP contribution is 2.44. The fourth-order valence-electron chi connectivity index (χ4n) is 4.58. The summed E-state index contributed by atoms with van der Waals surface area (Å²) in [4.78, 5) is 36.4. The quantitative estimate of drug-likeness (QED) is 0.457. The third-order valence-corrected chi connectivity index (χ3v) is 6.47. The summed E-state index contributed by atoms with van der Waals surface area (Å²) in [5.41, 5.74) is 3.70. The zero-order valence-electron chi connectivity index (χ0n) is 18.7. The molecule has 0 aliphatic heterocycles. The maximum absolute atomic E-state index is 15.0. The highest BCUT2D eigenvalue weighted by molar-refractivity contribution is 5.98. The van der Waals surface area contributed by atoms with Gasteiger partial charge in [0.2, 0.25) is 0 Å². The summed E-state index contributed by atoms with van der Waals surface area (Å²) in [5, 5.41) is 14.0. The molecular formula is C27H23FN2O5. The number of rotatable bonds is 7. The van der Waals surface area contributed by atoms with Crippen molar-refractivity contribution in [1.82, 2.24) is 5.32 Å². The molecule has 2 aliphatic rings. The first-order valence-corrected chi connectivity index (χ1v) is 11.4. The molecule has 35 heavy (non-hydrogen) atoms. The molecule has 178 valence electrons. The molecule has 1 unspecified atom stereocenters. The van der Waals surface area contributed by atoms with Crippen LogP contribution in [0.2, 0.25) is 0 Å². The van der Waals surface area contributed by atoms with E-state index < -0.39 is 29.8 Å². The highest BCUT2D eigenvalue weighted by Gasteiger charge is 2.38. The van der Waals surface area contributed by atoms with Gasteiger partial charge in [-0.15, -0.1) is 0 Å². The Morgan fingerprint density at radius 2 is 1.57 bits per heavy atom. The van der Waals surface area contributed by atoms with E-state index >= 15 is 4.39 Å². The number of benzene rings is 3. The van der Waals surface area contributed by atoms with Gasteiger partial charge in [0, 0.05) is 5.92 Å². The van der Waals surface area contributed by atoms with E-state index in [2.05, 4.69) is 10.6 Å². The van der Waals surface area contributed by atoms with E-state index in [9.17, 15) is 19.5 Å². The first-order chi connectivity index (χ1) is 16.9. The Bertz CT molecular complexity index is 1270. The van der Waals surface area contributed by atoms with Crippen molar-refractivity contribution in [3.63, 3.8) is 0 Å². The van der Waals surface area contributed by atoms with E-state index in [4.69, 9.17) is 4.74 Å². The standard InChI is InChI=1S/C27H23FN2O5/c28-23-20(25(31)30-24(26(32)33)15-12-13-15)10-5-11-22(23)29-27(34)35-14-21-18-8-3-1-6-16(18)17-7-2-4-9-19(17)21/h1-11,15,21,24H,12-14H2,(H,29,34)(H,30,31)(H,32,33). The smallest absolute Gasteiger partial charge is 0.411 e. The second kappa shape index (κ2) is 9.21. The molecule has 0 heterocycles. The molecule has 5 rings (SSSR count). The predicted octanol–water partition coefficient (Wildman–Crippen LogP) is 4.78. The summed E-state index contributed by atoms with van der Waals surface area (Å²) in [6.07, 6.45) is 0.538. The molecule has 3 aromatic rings. The van der Waals surface area contributed by atoms with E-state index in [0.717, 1.165) is 22.3 Å². The predicted molar refractivity (Wildman–Crippen MR) is 127 cm³/mol. The Labute approximate surface area is 200 Å². The molecule has 0 aromatic heterocycles. The molecule has 1 saturated carbocycles. The molecule has 0 saturated heterocycles. The van der Waals surface area contributed by atoms with Crippen LogP contribution < -0.4 is 10.6 Å². The van der Waals surface area contributed by atoms with Crippen LogP contribution in [0.1, 0.15) is 40.2 Å². The average Bonchev–Trinajstić information content (AvgIpc) is 3.64. The number of aliphatic carboxylic acids is 1. The molecule has 8 heteroatoms. The molecule has 7 nitrogen and oxygen atoms in total. The Kier molecular flexibility index (Phi) is 5.94. The number of halogens is 1. The molecule has 1 fully saturated rings. The fraction of sp³-hybridized carbons (Fsp3) is 0.222. The van der Waals surface area contributed by atoms with Crippen LogP contribution in [0.15, 0.2) is 66.7 Å². The lowest BCUT2D eigenvalue weighted by Gasteiger charge is -2.16. The number of carbonyl (C=O) groups is 3. The number of nitrogens with one attached hydrogen (secondary N) is 2. The molecular weight excluding hydrogens is 451 g/mol. The molecule has 1 atom stereocenters. The van der Waals surface area contributed by atoms with Gasteiger partial charge in [0.25, 0.3) is 5.91 Å². The first kappa shape index (κ1) is 22.6. The highest BCUT2D eigenvalue weighted by atomic mass is 19.1. The van der Waals surface area contributed by atoms with Crippen molar-refractivity contribution in [1.29, 1.82) is 0 Å². The van der Waals surface area contributed by atoms with Crippen LogP contribution in [-0.4, -0.2) is 35.7 Å². The summed E-state index contributed by atoms with van der Waals surface area (Å²) in [6, 6.07) is 18.7. The van der Waals surface area contributed by atoms with Gasteiger partial charge in [0.05, 0.1) is 11.3 Å². The van der Waals surface area contributed by atoms with E-state index in [1.54, 1.807) is 0 Å². The van der Waals surface area contributed by atoms with Gasteiger partial charge < -0.3 is 15.2 Å². The van der Waals surface area contributed by atoms with Gasteiger partial charge in [-0.05, 0) is 53.1 Å². The van der Waals surface area contributed by atoms with Crippen LogP contribution in [0, 0.1) is 11.7 Å². The summed E-state index contributed by atoms with van der Waals surface area (Å²) in [7, 11) is 0. The second-order valence-electron chi connectivity index (χ2n) is 8.74. The van der Waals surface area contributed by atoms with E-state index in [1.807, 2.05) is 48.5 Å². The number of carboxylic acid groups (broad SMARTS) is 1. The largest absolute Gasteiger partial charge is 0.480 e. The number of carboxylic acids is 1. The molecule has 2 aliphatic carbocycles. The van der Waals surface area contributed by atoms with E-state index in [1.165, 1.54) is 18.2 Å². The molecule has 0 bridgehead atoms. The minimum Gasteiger partial charge on any atom is -0.480 e. The number of hydrogen-bond acceptors (Lipinski definition) is 4. The molecule has 0 spiro atoms. The minimum atomic E-state index is -1.16. The minimum absolute atomic E-state index is 0.0589. The summed E-state index contributed by atoms with van der Waals surface area (Å²) in [6.45, 7) is 0.0589. The lowest BCUT2D eigenvalue weighted by atomic mass is 9.98. The SMILES string of the molecule is O=C(Nc1cccc(C(=O)NC(C(=O)O)C2CC2)c1F)OCC1c2ccccc2-c2ccccc21. The van der Waals surface area contributed by atoms with Crippen molar-refractivity contribution in [3.05, 3.63) is 89.2 Å². The topological polar surface area (TPSA) is 105 Å². The third kappa shape index (κ3) is 4.47. The Morgan fingerprint density at radius 1 is 0.943 bits per heavy atom. The summed E-state index contributed by atoms with van der Waals surface area (Å²) < 4.78 is 20.4. The molecule has 0 radical (unpaired) electrons. The van der Waals surface area contributed by atoms with Crippen LogP contribution in [0.5, 0.6) is 0 Å². The van der Waals surface area contributed by atoms with E-state index in [-0.39, 0.29) is 29.7 Å². The van der Waals surface area contributed by atoms with Crippen LogP contribution in [0.4, 0.5) is 14.9 Å². The van der Waals surface area contributed by atoms with E-state index in [0.29, 0.717) is 12.8 Å². The van der Waals surface area contributed by atoms with Gasteiger partial charge in [-0.1, -0.05) is 54.6 Å². The third-order valence-electron chi connectivity index (χ3n) is 6.47. The van der Waals surface area contributed by atoms with Crippen molar-refractivity contribution in [2.75, 3.05) is 11.9 Å². The maximum Gasteiger partial charge on any atom is 0.411 e. The van der Waals surface area contributed by atoms with Crippen LogP contribution >= 0.6 is 0 Å². The number of anilines is 1. The lowest BCUT2D eigenvalue weighted by Crippen LogP contribution is -2.42. The lowest BCUT2D eigenvalue weighted by molar-refractivity contribution is -0.139. The normalized spacial score (nSPS) is 15.0. The fourth-order valence-corrected chi connectivity index (χ4v) is 4.58. The van der Waals surface area contributed by atoms with Crippen molar-refractivity contribution >= 4 is 23.7 Å². The van der Waals surface area contributed by atoms with Gasteiger partial charge in [-0.3, -0.25) is 10.1 Å². The average molecular weight is 474 g/mol. The van der Waals surface area contributed by atoms with Gasteiger partial charge >= 0.3 is 12.1 Å². The van der Waals surface area contributed by atoms with Crippen molar-refractivity contribution in [3.8, 4) is 11.1 Å². The maximum atomic E-state index is 15.0. The molecule has 2 amide bonds. The summed E-state index contributed by atoms with van der Waals surface area (Å²) >= 11 is 0. The van der Waals surface area contributed by atoms with Crippen molar-refractivity contribution in [2.45, 2.75) is 24.8 Å². The number of amides is 2.